The molecular weight excluding hydrogens is 262 g/mol. The van der Waals surface area contributed by atoms with E-state index in [-0.39, 0.29) is 10.8 Å². The standard InChI is InChI=1S/C12H15ClF2N2O/c1-18-12-8(6-9(13)10(14)11(12)15)7-17-4-2-16-3-5-17/h6,16H,2-5,7H2,1H3. The number of benzene rings is 1. The molecule has 1 aromatic rings. The zero-order valence-corrected chi connectivity index (χ0v) is 10.9. The highest BCUT2D eigenvalue weighted by Gasteiger charge is 2.20. The first kappa shape index (κ1) is 13.5. The minimum absolute atomic E-state index is 0.0598. The summed E-state index contributed by atoms with van der Waals surface area (Å²) in [7, 11) is 1.33. The smallest absolute Gasteiger partial charge is 0.202 e. The van der Waals surface area contributed by atoms with E-state index in [0.717, 1.165) is 26.2 Å². The summed E-state index contributed by atoms with van der Waals surface area (Å²) in [4.78, 5) is 2.14. The molecule has 1 aliphatic heterocycles. The molecule has 0 aromatic heterocycles. The SMILES string of the molecule is COc1c(CN2CCNCC2)cc(Cl)c(F)c1F. The van der Waals surface area contributed by atoms with Gasteiger partial charge in [0.25, 0.3) is 0 Å². The van der Waals surface area contributed by atoms with Gasteiger partial charge < -0.3 is 10.1 Å². The average molecular weight is 277 g/mol. The third-order valence-corrected chi connectivity index (χ3v) is 3.28. The highest BCUT2D eigenvalue weighted by Crippen LogP contribution is 2.31. The van der Waals surface area contributed by atoms with Gasteiger partial charge in [0.15, 0.2) is 11.6 Å². The van der Waals surface area contributed by atoms with Crippen molar-refractivity contribution in [2.24, 2.45) is 0 Å². The molecule has 0 atom stereocenters. The number of halogens is 3. The lowest BCUT2D eigenvalue weighted by Crippen LogP contribution is -2.42. The van der Waals surface area contributed by atoms with E-state index in [4.69, 9.17) is 16.3 Å². The van der Waals surface area contributed by atoms with Gasteiger partial charge in [-0.15, -0.1) is 0 Å². The molecule has 3 nitrogen and oxygen atoms in total. The summed E-state index contributed by atoms with van der Waals surface area (Å²) in [5, 5.41) is 3.02. The summed E-state index contributed by atoms with van der Waals surface area (Å²) in [5.41, 5.74) is 0.573. The molecular formula is C12H15ClF2N2O. The molecule has 2 rings (SSSR count). The van der Waals surface area contributed by atoms with Crippen LogP contribution >= 0.6 is 11.6 Å². The van der Waals surface area contributed by atoms with Gasteiger partial charge in [0.05, 0.1) is 12.1 Å². The molecule has 0 saturated carbocycles. The van der Waals surface area contributed by atoms with E-state index in [1.54, 1.807) is 0 Å². The van der Waals surface area contributed by atoms with Crippen LogP contribution in [-0.2, 0) is 6.54 Å². The second kappa shape index (κ2) is 5.82. The van der Waals surface area contributed by atoms with Crippen LogP contribution in [0.3, 0.4) is 0 Å². The number of nitrogens with zero attached hydrogens (tertiary/aromatic N) is 1. The topological polar surface area (TPSA) is 24.5 Å². The van der Waals surface area contributed by atoms with E-state index in [2.05, 4.69) is 10.2 Å². The number of nitrogens with one attached hydrogen (secondary N) is 1. The van der Waals surface area contributed by atoms with Gasteiger partial charge >= 0.3 is 0 Å². The van der Waals surface area contributed by atoms with Crippen LogP contribution in [-0.4, -0.2) is 38.2 Å². The monoisotopic (exact) mass is 276 g/mol. The van der Waals surface area contributed by atoms with Gasteiger partial charge in [-0.3, -0.25) is 4.90 Å². The molecule has 18 heavy (non-hydrogen) atoms. The molecule has 1 saturated heterocycles. The van der Waals surface area contributed by atoms with Crippen LogP contribution in [0.15, 0.2) is 6.07 Å². The molecule has 100 valence electrons. The quantitative estimate of drug-likeness (QED) is 0.855. The van der Waals surface area contributed by atoms with Crippen molar-refractivity contribution in [2.75, 3.05) is 33.3 Å². The van der Waals surface area contributed by atoms with Gasteiger partial charge in [0, 0.05) is 38.3 Å². The summed E-state index contributed by atoms with van der Waals surface area (Å²) in [6.45, 7) is 4.00. The Hall–Kier alpha value is -0.910. The van der Waals surface area contributed by atoms with Crippen molar-refractivity contribution < 1.29 is 13.5 Å². The van der Waals surface area contributed by atoms with Crippen molar-refractivity contribution >= 4 is 11.6 Å². The summed E-state index contributed by atoms with van der Waals surface area (Å²) in [6, 6.07) is 1.43. The van der Waals surface area contributed by atoms with Gasteiger partial charge in [0.1, 0.15) is 0 Å². The van der Waals surface area contributed by atoms with Gasteiger partial charge in [-0.25, -0.2) is 4.39 Å². The van der Waals surface area contributed by atoms with Crippen molar-refractivity contribution in [3.8, 4) is 5.75 Å². The fraction of sp³-hybridized carbons (Fsp3) is 0.500. The lowest BCUT2D eigenvalue weighted by atomic mass is 10.1. The first-order valence-electron chi connectivity index (χ1n) is 5.77. The highest BCUT2D eigenvalue weighted by molar-refractivity contribution is 6.30. The van der Waals surface area contributed by atoms with Gasteiger partial charge in [-0.2, -0.15) is 4.39 Å². The Bertz CT molecular complexity index is 437. The lowest BCUT2D eigenvalue weighted by molar-refractivity contribution is 0.228. The number of hydrogen-bond donors (Lipinski definition) is 1. The first-order chi connectivity index (χ1) is 8.63. The third-order valence-electron chi connectivity index (χ3n) is 3.00. The van der Waals surface area contributed by atoms with Crippen LogP contribution < -0.4 is 10.1 Å². The van der Waals surface area contributed by atoms with Crippen molar-refractivity contribution in [1.82, 2.24) is 10.2 Å². The predicted octanol–water partition coefficient (Wildman–Crippen LogP) is 2.03. The Labute approximate surface area is 110 Å². The first-order valence-corrected chi connectivity index (χ1v) is 6.14. The van der Waals surface area contributed by atoms with Crippen LogP contribution in [0, 0.1) is 11.6 Å². The minimum atomic E-state index is -1.06. The molecule has 1 N–H and O–H groups in total. The molecule has 0 radical (unpaired) electrons. The summed E-state index contributed by atoms with van der Waals surface area (Å²) >= 11 is 5.66. The molecule has 0 spiro atoms. The van der Waals surface area contributed by atoms with E-state index in [9.17, 15) is 8.78 Å². The molecule has 1 aliphatic rings. The van der Waals surface area contributed by atoms with Crippen LogP contribution in [0.25, 0.3) is 0 Å². The maximum absolute atomic E-state index is 13.7. The van der Waals surface area contributed by atoms with Gasteiger partial charge in [-0.05, 0) is 6.07 Å². The minimum Gasteiger partial charge on any atom is -0.493 e. The number of methoxy groups -OCH3 is 1. The van der Waals surface area contributed by atoms with Crippen LogP contribution in [0.4, 0.5) is 8.78 Å². The van der Waals surface area contributed by atoms with Gasteiger partial charge in [-0.1, -0.05) is 11.6 Å². The predicted molar refractivity (Wildman–Crippen MR) is 66.1 cm³/mol. The fourth-order valence-corrected chi connectivity index (χ4v) is 2.29. The number of ether oxygens (including phenoxy) is 1. The Kier molecular flexibility index (Phi) is 4.37. The average Bonchev–Trinajstić information content (AvgIpc) is 2.38. The molecule has 0 amide bonds. The van der Waals surface area contributed by atoms with Crippen molar-refractivity contribution in [2.45, 2.75) is 6.54 Å². The molecule has 1 aromatic carbocycles. The molecule has 1 fully saturated rings. The summed E-state index contributed by atoms with van der Waals surface area (Å²) < 4.78 is 31.9. The molecule has 1 heterocycles. The van der Waals surface area contributed by atoms with Crippen molar-refractivity contribution in [3.05, 3.63) is 28.3 Å². The maximum atomic E-state index is 13.7. The zero-order valence-electron chi connectivity index (χ0n) is 10.1. The van der Waals surface area contributed by atoms with Gasteiger partial charge in [0.2, 0.25) is 5.82 Å². The zero-order chi connectivity index (χ0) is 13.1. The normalized spacial score (nSPS) is 16.9. The molecule has 0 unspecified atom stereocenters. The maximum Gasteiger partial charge on any atom is 0.202 e. The summed E-state index contributed by atoms with van der Waals surface area (Å²) in [6.07, 6.45) is 0. The summed E-state index contributed by atoms with van der Waals surface area (Å²) in [5.74, 6) is -2.14. The highest BCUT2D eigenvalue weighted by atomic mass is 35.5. The number of hydrogen-bond acceptors (Lipinski definition) is 3. The Balaban J connectivity index is 2.25. The Morgan fingerprint density at radius 3 is 2.61 bits per heavy atom. The van der Waals surface area contributed by atoms with E-state index in [0.29, 0.717) is 12.1 Å². The van der Waals surface area contributed by atoms with Crippen LogP contribution in [0.1, 0.15) is 5.56 Å². The van der Waals surface area contributed by atoms with Crippen LogP contribution in [0.5, 0.6) is 5.75 Å². The molecule has 0 aliphatic carbocycles. The Morgan fingerprint density at radius 1 is 1.33 bits per heavy atom. The van der Waals surface area contributed by atoms with Crippen molar-refractivity contribution in [1.29, 1.82) is 0 Å². The Morgan fingerprint density at radius 2 is 2.00 bits per heavy atom. The second-order valence-electron chi connectivity index (χ2n) is 4.20. The van der Waals surface area contributed by atoms with Crippen molar-refractivity contribution in [3.63, 3.8) is 0 Å². The lowest BCUT2D eigenvalue weighted by Gasteiger charge is -2.27. The van der Waals surface area contributed by atoms with E-state index < -0.39 is 11.6 Å². The number of rotatable bonds is 3. The molecule has 0 bridgehead atoms. The fourth-order valence-electron chi connectivity index (χ4n) is 2.08. The number of piperazine rings is 1. The van der Waals surface area contributed by atoms with E-state index in [1.165, 1.54) is 13.2 Å². The third kappa shape index (κ3) is 2.74. The van der Waals surface area contributed by atoms with E-state index in [1.807, 2.05) is 0 Å². The van der Waals surface area contributed by atoms with Crippen LogP contribution in [0.2, 0.25) is 5.02 Å². The van der Waals surface area contributed by atoms with E-state index >= 15 is 0 Å². The second-order valence-corrected chi connectivity index (χ2v) is 4.61. The largest absolute Gasteiger partial charge is 0.493 e. The molecule has 6 heteroatoms.